The van der Waals surface area contributed by atoms with E-state index in [1.54, 1.807) is 6.21 Å². The van der Waals surface area contributed by atoms with Crippen molar-refractivity contribution in [3.8, 4) is 5.75 Å². The van der Waals surface area contributed by atoms with Crippen LogP contribution in [0.4, 0.5) is 5.69 Å². The van der Waals surface area contributed by atoms with Crippen molar-refractivity contribution in [1.82, 2.24) is 0 Å². The van der Waals surface area contributed by atoms with Crippen LogP contribution in [0.15, 0.2) is 57.1 Å². The Morgan fingerprint density at radius 1 is 1.25 bits per heavy atom. The second-order valence-electron chi connectivity index (χ2n) is 5.22. The molecule has 1 aliphatic rings. The highest BCUT2D eigenvalue weighted by Gasteiger charge is 2.25. The van der Waals surface area contributed by atoms with E-state index in [4.69, 9.17) is 4.74 Å². The van der Waals surface area contributed by atoms with Crippen molar-refractivity contribution in [2.75, 3.05) is 11.9 Å². The molecule has 1 aliphatic heterocycles. The van der Waals surface area contributed by atoms with E-state index in [2.05, 4.69) is 38.4 Å². The quantitative estimate of drug-likeness (QED) is 0.623. The molecule has 0 saturated heterocycles. The zero-order valence-corrected chi connectivity index (χ0v) is 14.7. The zero-order valence-electron chi connectivity index (χ0n) is 13.1. The average Bonchev–Trinajstić information content (AvgIpc) is 2.90. The normalized spacial score (nSPS) is 14.9. The van der Waals surface area contributed by atoms with Crippen molar-refractivity contribution in [3.63, 3.8) is 0 Å². The Morgan fingerprint density at radius 3 is 2.92 bits per heavy atom. The first kappa shape index (κ1) is 16.4. The summed E-state index contributed by atoms with van der Waals surface area (Å²) in [5.41, 5.74) is 2.63. The summed E-state index contributed by atoms with van der Waals surface area (Å²) < 4.78 is 6.62. The summed E-state index contributed by atoms with van der Waals surface area (Å²) in [4.78, 5) is 12.0. The number of hydrogen-bond donors (Lipinski definition) is 1. The van der Waals surface area contributed by atoms with E-state index in [0.717, 1.165) is 33.5 Å². The van der Waals surface area contributed by atoms with Crippen molar-refractivity contribution in [1.29, 1.82) is 0 Å². The van der Waals surface area contributed by atoms with Gasteiger partial charge in [-0.25, -0.2) is 0 Å². The maximum Gasteiger partial charge on any atom is 0.276 e. The fourth-order valence-corrected chi connectivity index (χ4v) is 2.69. The number of fused-ring (bicyclic) bond motifs is 1. The second-order valence-corrected chi connectivity index (χ2v) is 6.14. The highest BCUT2D eigenvalue weighted by molar-refractivity contribution is 9.10. The molecule has 6 heteroatoms. The van der Waals surface area contributed by atoms with Crippen molar-refractivity contribution < 1.29 is 9.53 Å². The van der Waals surface area contributed by atoms with Gasteiger partial charge >= 0.3 is 0 Å². The number of para-hydroxylation sites is 1. The molecular formula is C18H16BrN3O2. The van der Waals surface area contributed by atoms with Crippen LogP contribution in [0.5, 0.6) is 5.75 Å². The first-order chi connectivity index (χ1) is 11.7. The first-order valence-electron chi connectivity index (χ1n) is 7.63. The number of benzene rings is 2. The van der Waals surface area contributed by atoms with Crippen molar-refractivity contribution in [2.45, 2.75) is 13.3 Å². The number of amides is 1. The Balaban J connectivity index is 1.86. The van der Waals surface area contributed by atoms with Crippen LogP contribution in [0.2, 0.25) is 0 Å². The molecule has 1 heterocycles. The molecule has 1 N–H and O–H groups in total. The fourth-order valence-electron chi connectivity index (χ4n) is 2.31. The Bertz CT molecular complexity index is 831. The third-order valence-corrected chi connectivity index (χ3v) is 3.93. The monoisotopic (exact) mass is 385 g/mol. The fraction of sp³-hybridized carbons (Fsp3) is 0.167. The van der Waals surface area contributed by atoms with Crippen LogP contribution in [-0.2, 0) is 4.79 Å². The molecule has 0 unspecified atom stereocenters. The van der Waals surface area contributed by atoms with Crippen LogP contribution < -0.4 is 10.1 Å². The molecule has 24 heavy (non-hydrogen) atoms. The van der Waals surface area contributed by atoms with Gasteiger partial charge in [-0.3, -0.25) is 4.79 Å². The summed E-state index contributed by atoms with van der Waals surface area (Å²) in [6.45, 7) is 2.68. The molecule has 0 radical (unpaired) electrons. The van der Waals surface area contributed by atoms with Gasteiger partial charge in [-0.05, 0) is 30.7 Å². The molecule has 2 aromatic carbocycles. The van der Waals surface area contributed by atoms with Crippen molar-refractivity contribution in [3.05, 3.63) is 58.1 Å². The molecule has 0 spiro atoms. The minimum atomic E-state index is -0.245. The lowest BCUT2D eigenvalue weighted by Crippen LogP contribution is -2.13. The third kappa shape index (κ3) is 3.54. The molecule has 3 rings (SSSR count). The van der Waals surface area contributed by atoms with E-state index in [9.17, 15) is 4.79 Å². The highest BCUT2D eigenvalue weighted by Crippen LogP contribution is 2.24. The van der Waals surface area contributed by atoms with Gasteiger partial charge in [0.15, 0.2) is 5.71 Å². The number of ether oxygens (including phenoxy) is 1. The van der Waals surface area contributed by atoms with Crippen molar-refractivity contribution in [2.24, 2.45) is 10.2 Å². The SMILES string of the molecule is CCCOc1ccc(Br)cc1/C=N\N=C1/C(=O)Nc2ccccc21. The van der Waals surface area contributed by atoms with E-state index in [-0.39, 0.29) is 5.91 Å². The van der Waals surface area contributed by atoms with Gasteiger partial charge in [-0.2, -0.15) is 5.10 Å². The molecule has 2 aromatic rings. The standard InChI is InChI=1S/C18H16BrN3O2/c1-2-9-24-16-8-7-13(19)10-12(16)11-20-22-17-14-5-3-4-6-15(14)21-18(17)23/h3-8,10-11H,2,9H2,1H3,(H,21,22,23)/b20-11-. The summed E-state index contributed by atoms with van der Waals surface area (Å²) >= 11 is 3.44. The molecule has 0 fully saturated rings. The van der Waals surface area contributed by atoms with Gasteiger partial charge in [-0.15, -0.1) is 5.10 Å². The number of carbonyl (C=O) groups is 1. The van der Waals surface area contributed by atoms with Crippen LogP contribution in [0.1, 0.15) is 24.5 Å². The molecule has 122 valence electrons. The van der Waals surface area contributed by atoms with Gasteiger partial charge in [0.25, 0.3) is 5.91 Å². The van der Waals surface area contributed by atoms with Crippen LogP contribution in [0.25, 0.3) is 0 Å². The van der Waals surface area contributed by atoms with E-state index in [1.165, 1.54) is 0 Å². The first-order valence-corrected chi connectivity index (χ1v) is 8.42. The van der Waals surface area contributed by atoms with Crippen LogP contribution in [-0.4, -0.2) is 24.4 Å². The number of hydrogen-bond acceptors (Lipinski definition) is 4. The summed E-state index contributed by atoms with van der Waals surface area (Å²) in [6.07, 6.45) is 2.52. The second kappa shape index (κ2) is 7.40. The van der Waals surface area contributed by atoms with Gasteiger partial charge < -0.3 is 10.1 Å². The van der Waals surface area contributed by atoms with Gasteiger partial charge in [0.1, 0.15) is 5.75 Å². The van der Waals surface area contributed by atoms with Crippen molar-refractivity contribution >= 4 is 39.5 Å². The lowest BCUT2D eigenvalue weighted by Gasteiger charge is -2.07. The Hall–Kier alpha value is -2.47. The zero-order chi connectivity index (χ0) is 16.9. The molecule has 0 aliphatic carbocycles. The summed E-state index contributed by atoms with van der Waals surface area (Å²) in [5, 5.41) is 10.9. The predicted molar refractivity (Wildman–Crippen MR) is 99.1 cm³/mol. The molecule has 0 atom stereocenters. The van der Waals surface area contributed by atoms with Crippen LogP contribution >= 0.6 is 15.9 Å². The summed E-state index contributed by atoms with van der Waals surface area (Å²) in [6, 6.07) is 13.1. The molecule has 0 saturated carbocycles. The van der Waals surface area contributed by atoms with Gasteiger partial charge in [0.05, 0.1) is 18.5 Å². The average molecular weight is 386 g/mol. The van der Waals surface area contributed by atoms with Gasteiger partial charge in [0.2, 0.25) is 0 Å². The highest BCUT2D eigenvalue weighted by atomic mass is 79.9. The van der Waals surface area contributed by atoms with E-state index >= 15 is 0 Å². The van der Waals surface area contributed by atoms with E-state index < -0.39 is 0 Å². The van der Waals surface area contributed by atoms with Gasteiger partial charge in [0, 0.05) is 15.6 Å². The molecule has 0 aromatic heterocycles. The summed E-state index contributed by atoms with van der Waals surface area (Å²) in [7, 11) is 0. The number of halogens is 1. The molecule has 5 nitrogen and oxygen atoms in total. The number of anilines is 1. The Morgan fingerprint density at radius 2 is 2.08 bits per heavy atom. The maximum absolute atomic E-state index is 12.0. The molecule has 1 amide bonds. The number of nitrogens with zero attached hydrogens (tertiary/aromatic N) is 2. The number of rotatable bonds is 5. The third-order valence-electron chi connectivity index (χ3n) is 3.43. The van der Waals surface area contributed by atoms with Gasteiger partial charge in [-0.1, -0.05) is 41.1 Å². The Labute approximate surface area is 148 Å². The minimum absolute atomic E-state index is 0.245. The molecular weight excluding hydrogens is 370 g/mol. The topological polar surface area (TPSA) is 63.1 Å². The predicted octanol–water partition coefficient (Wildman–Crippen LogP) is 4.01. The number of carbonyl (C=O) groups excluding carboxylic acids is 1. The molecule has 0 bridgehead atoms. The lowest BCUT2D eigenvalue weighted by molar-refractivity contribution is -0.110. The van der Waals surface area contributed by atoms with Crippen LogP contribution in [0.3, 0.4) is 0 Å². The van der Waals surface area contributed by atoms with E-state index in [0.29, 0.717) is 12.3 Å². The largest absolute Gasteiger partial charge is 0.493 e. The smallest absolute Gasteiger partial charge is 0.276 e. The Kier molecular flexibility index (Phi) is 5.05. The summed E-state index contributed by atoms with van der Waals surface area (Å²) in [5.74, 6) is 0.491. The number of nitrogens with one attached hydrogen (secondary N) is 1. The maximum atomic E-state index is 12.0. The lowest BCUT2D eigenvalue weighted by atomic mass is 10.1. The van der Waals surface area contributed by atoms with E-state index in [1.807, 2.05) is 42.5 Å². The van der Waals surface area contributed by atoms with Crippen LogP contribution in [0, 0.1) is 0 Å². The minimum Gasteiger partial charge on any atom is -0.493 e.